The monoisotopic (exact) mass is 191 g/mol. The van der Waals surface area contributed by atoms with Gasteiger partial charge in [0.1, 0.15) is 0 Å². The molecular weight excluding hydrogens is 174 g/mol. The number of rotatable bonds is 4. The van der Waals surface area contributed by atoms with Gasteiger partial charge < -0.3 is 5.32 Å². The van der Waals surface area contributed by atoms with E-state index >= 15 is 0 Å². The fraction of sp³-hybridized carbons (Fsp3) is 0.417. The van der Waals surface area contributed by atoms with Crippen LogP contribution in [-0.4, -0.2) is 19.4 Å². The predicted molar refractivity (Wildman–Crippen MR) is 58.6 cm³/mol. The van der Waals surface area contributed by atoms with E-state index in [4.69, 9.17) is 0 Å². The quantitative estimate of drug-likeness (QED) is 0.783. The highest BCUT2D eigenvalue weighted by Gasteiger charge is 2.07. The van der Waals surface area contributed by atoms with Gasteiger partial charge in [0.2, 0.25) is 0 Å². The molecule has 76 valence electrons. The zero-order valence-electron chi connectivity index (χ0n) is 9.05. The van der Waals surface area contributed by atoms with Crippen LogP contribution < -0.4 is 5.32 Å². The summed E-state index contributed by atoms with van der Waals surface area (Å²) in [5, 5.41) is 2.88. The highest BCUT2D eigenvalue weighted by Crippen LogP contribution is 2.13. The van der Waals surface area contributed by atoms with E-state index in [-0.39, 0.29) is 5.78 Å². The second kappa shape index (κ2) is 4.91. The predicted octanol–water partition coefficient (Wildman–Crippen LogP) is 1.63. The van der Waals surface area contributed by atoms with Gasteiger partial charge >= 0.3 is 0 Å². The molecule has 2 nitrogen and oxygen atoms in total. The van der Waals surface area contributed by atoms with Crippen LogP contribution in [0.25, 0.3) is 0 Å². The van der Waals surface area contributed by atoms with Gasteiger partial charge in [0, 0.05) is 6.42 Å². The van der Waals surface area contributed by atoms with E-state index in [0.717, 1.165) is 0 Å². The standard InChI is InChI=1S/C12H17NO/c1-9-5-4-6-10(2)12(9)7-11(14)8-13-3/h4-6,13H,7-8H2,1-3H3. The molecule has 0 fully saturated rings. The number of carbonyl (C=O) groups excluding carboxylic acids is 1. The molecule has 0 heterocycles. The summed E-state index contributed by atoms with van der Waals surface area (Å²) in [7, 11) is 1.79. The van der Waals surface area contributed by atoms with Crippen molar-refractivity contribution in [2.24, 2.45) is 0 Å². The van der Waals surface area contributed by atoms with E-state index < -0.39 is 0 Å². The first-order valence-electron chi connectivity index (χ1n) is 4.86. The molecule has 0 spiro atoms. The largest absolute Gasteiger partial charge is 0.313 e. The number of ketones is 1. The van der Waals surface area contributed by atoms with Crippen LogP contribution in [-0.2, 0) is 11.2 Å². The van der Waals surface area contributed by atoms with Crippen molar-refractivity contribution in [3.63, 3.8) is 0 Å². The summed E-state index contributed by atoms with van der Waals surface area (Å²) in [4.78, 5) is 11.5. The number of benzene rings is 1. The number of likely N-dealkylation sites (N-methyl/N-ethyl adjacent to an activating group) is 1. The summed E-state index contributed by atoms with van der Waals surface area (Å²) in [6.45, 7) is 4.55. The van der Waals surface area contributed by atoms with Crippen molar-refractivity contribution >= 4 is 5.78 Å². The lowest BCUT2D eigenvalue weighted by Crippen LogP contribution is -2.20. The van der Waals surface area contributed by atoms with Gasteiger partial charge in [-0.2, -0.15) is 0 Å². The van der Waals surface area contributed by atoms with Gasteiger partial charge in [0.05, 0.1) is 6.54 Å². The molecule has 14 heavy (non-hydrogen) atoms. The van der Waals surface area contributed by atoms with Crippen LogP contribution in [0.2, 0.25) is 0 Å². The third-order valence-electron chi connectivity index (χ3n) is 2.39. The van der Waals surface area contributed by atoms with E-state index in [9.17, 15) is 4.79 Å². The molecule has 0 aliphatic rings. The Morgan fingerprint density at radius 2 is 1.86 bits per heavy atom. The average Bonchev–Trinajstić information content (AvgIpc) is 2.12. The normalized spacial score (nSPS) is 10.2. The number of hydrogen-bond acceptors (Lipinski definition) is 2. The van der Waals surface area contributed by atoms with Crippen molar-refractivity contribution < 1.29 is 4.79 Å². The van der Waals surface area contributed by atoms with Crippen molar-refractivity contribution in [3.8, 4) is 0 Å². The maximum absolute atomic E-state index is 11.5. The van der Waals surface area contributed by atoms with Gasteiger partial charge in [-0.1, -0.05) is 18.2 Å². The van der Waals surface area contributed by atoms with Gasteiger partial charge in [0.15, 0.2) is 5.78 Å². The highest BCUT2D eigenvalue weighted by molar-refractivity contribution is 5.83. The minimum atomic E-state index is 0.241. The lowest BCUT2D eigenvalue weighted by molar-refractivity contribution is -0.117. The number of aryl methyl sites for hydroxylation is 2. The van der Waals surface area contributed by atoms with Crippen molar-refractivity contribution in [2.45, 2.75) is 20.3 Å². The zero-order chi connectivity index (χ0) is 10.6. The molecule has 1 aromatic carbocycles. The lowest BCUT2D eigenvalue weighted by atomic mass is 9.98. The maximum atomic E-state index is 11.5. The number of hydrogen-bond donors (Lipinski definition) is 1. The minimum absolute atomic E-state index is 0.241. The Morgan fingerprint density at radius 3 is 2.36 bits per heavy atom. The molecule has 0 saturated heterocycles. The molecular formula is C12H17NO. The molecule has 0 aromatic heterocycles. The summed E-state index contributed by atoms with van der Waals surface area (Å²) >= 11 is 0. The van der Waals surface area contributed by atoms with Crippen LogP contribution in [0.1, 0.15) is 16.7 Å². The first-order chi connectivity index (χ1) is 6.65. The molecule has 2 heteroatoms. The van der Waals surface area contributed by atoms with Gasteiger partial charge in [-0.15, -0.1) is 0 Å². The van der Waals surface area contributed by atoms with Gasteiger partial charge in [0.25, 0.3) is 0 Å². The van der Waals surface area contributed by atoms with Crippen LogP contribution >= 0.6 is 0 Å². The molecule has 0 unspecified atom stereocenters. The van der Waals surface area contributed by atoms with Crippen LogP contribution in [0, 0.1) is 13.8 Å². The second-order valence-electron chi connectivity index (χ2n) is 3.62. The number of Topliss-reactive ketones (excluding diaryl/α,β-unsaturated/α-hetero) is 1. The number of nitrogens with one attached hydrogen (secondary N) is 1. The molecule has 0 atom stereocenters. The van der Waals surface area contributed by atoms with Crippen LogP contribution in [0.4, 0.5) is 0 Å². The summed E-state index contributed by atoms with van der Waals surface area (Å²) in [6, 6.07) is 6.13. The SMILES string of the molecule is CNCC(=O)Cc1c(C)cccc1C. The van der Waals surface area contributed by atoms with Crippen LogP contribution in [0.3, 0.4) is 0 Å². The van der Waals surface area contributed by atoms with Crippen LogP contribution in [0.5, 0.6) is 0 Å². The molecule has 0 aliphatic heterocycles. The fourth-order valence-electron chi connectivity index (χ4n) is 1.58. The summed E-state index contributed by atoms with van der Waals surface area (Å²) in [5.41, 5.74) is 3.58. The van der Waals surface area contributed by atoms with E-state index in [1.54, 1.807) is 7.05 Å². The molecule has 1 aromatic rings. The fourth-order valence-corrected chi connectivity index (χ4v) is 1.58. The van der Waals surface area contributed by atoms with Crippen LogP contribution in [0.15, 0.2) is 18.2 Å². The molecule has 0 aliphatic carbocycles. The van der Waals surface area contributed by atoms with Crippen molar-refractivity contribution in [3.05, 3.63) is 34.9 Å². The molecule has 1 N–H and O–H groups in total. The van der Waals surface area contributed by atoms with E-state index in [2.05, 4.69) is 31.3 Å². The second-order valence-corrected chi connectivity index (χ2v) is 3.62. The first kappa shape index (κ1) is 10.9. The number of carbonyl (C=O) groups is 1. The average molecular weight is 191 g/mol. The molecule has 1 rings (SSSR count). The summed E-state index contributed by atoms with van der Waals surface area (Å²) in [6.07, 6.45) is 0.541. The van der Waals surface area contributed by atoms with E-state index in [1.165, 1.54) is 16.7 Å². The van der Waals surface area contributed by atoms with Crippen molar-refractivity contribution in [2.75, 3.05) is 13.6 Å². The Labute approximate surface area is 85.3 Å². The smallest absolute Gasteiger partial charge is 0.150 e. The Morgan fingerprint density at radius 1 is 1.29 bits per heavy atom. The third-order valence-corrected chi connectivity index (χ3v) is 2.39. The topological polar surface area (TPSA) is 29.1 Å². The first-order valence-corrected chi connectivity index (χ1v) is 4.86. The Balaban J connectivity index is 2.80. The molecule has 0 bridgehead atoms. The molecule has 0 radical (unpaired) electrons. The Bertz CT molecular complexity index is 311. The highest BCUT2D eigenvalue weighted by atomic mass is 16.1. The minimum Gasteiger partial charge on any atom is -0.313 e. The Hall–Kier alpha value is -1.15. The zero-order valence-corrected chi connectivity index (χ0v) is 9.05. The Kier molecular flexibility index (Phi) is 3.84. The maximum Gasteiger partial charge on any atom is 0.150 e. The third kappa shape index (κ3) is 2.67. The van der Waals surface area contributed by atoms with Gasteiger partial charge in [-0.25, -0.2) is 0 Å². The van der Waals surface area contributed by atoms with E-state index in [1.807, 2.05) is 6.07 Å². The summed E-state index contributed by atoms with van der Waals surface area (Å²) < 4.78 is 0. The van der Waals surface area contributed by atoms with Crippen molar-refractivity contribution in [1.82, 2.24) is 5.32 Å². The van der Waals surface area contributed by atoms with Crippen molar-refractivity contribution in [1.29, 1.82) is 0 Å². The summed E-state index contributed by atoms with van der Waals surface area (Å²) in [5.74, 6) is 0.241. The molecule has 0 amide bonds. The van der Waals surface area contributed by atoms with Gasteiger partial charge in [-0.3, -0.25) is 4.79 Å². The lowest BCUT2D eigenvalue weighted by Gasteiger charge is -2.08. The van der Waals surface area contributed by atoms with Gasteiger partial charge in [-0.05, 0) is 37.6 Å². The van der Waals surface area contributed by atoms with E-state index in [0.29, 0.717) is 13.0 Å². The molecule has 0 saturated carbocycles.